The average Bonchev–Trinajstić information content (AvgIpc) is 3.04. The molecular formula is C17H22N2S. The Labute approximate surface area is 125 Å². The SMILES string of the molecule is CC(C)(C)c1nc(CNc2ccc3c(c2)CCC3)cs1. The molecule has 106 valence electrons. The number of benzene rings is 1. The molecule has 2 nitrogen and oxygen atoms in total. The topological polar surface area (TPSA) is 24.9 Å². The second kappa shape index (κ2) is 5.21. The van der Waals surface area contributed by atoms with Gasteiger partial charge in [0.2, 0.25) is 0 Å². The molecule has 1 aliphatic rings. The van der Waals surface area contributed by atoms with Gasteiger partial charge in [-0.1, -0.05) is 26.8 Å². The average molecular weight is 286 g/mol. The predicted molar refractivity (Wildman–Crippen MR) is 86.6 cm³/mol. The largest absolute Gasteiger partial charge is 0.379 e. The molecule has 1 aromatic heterocycles. The first-order valence-corrected chi connectivity index (χ1v) is 8.21. The lowest BCUT2D eigenvalue weighted by Gasteiger charge is -2.13. The second-order valence-electron chi connectivity index (χ2n) is 6.58. The number of rotatable bonds is 3. The van der Waals surface area contributed by atoms with Gasteiger partial charge in [0.15, 0.2) is 0 Å². The minimum absolute atomic E-state index is 0.149. The lowest BCUT2D eigenvalue weighted by molar-refractivity contribution is 0.583. The second-order valence-corrected chi connectivity index (χ2v) is 7.44. The highest BCUT2D eigenvalue weighted by atomic mass is 32.1. The van der Waals surface area contributed by atoms with Crippen LogP contribution in [0.5, 0.6) is 0 Å². The van der Waals surface area contributed by atoms with Crippen LogP contribution in [0, 0.1) is 0 Å². The molecule has 0 spiro atoms. The first-order valence-electron chi connectivity index (χ1n) is 7.33. The summed E-state index contributed by atoms with van der Waals surface area (Å²) in [4.78, 5) is 4.73. The Kier molecular flexibility index (Phi) is 3.55. The molecule has 3 heteroatoms. The van der Waals surface area contributed by atoms with Gasteiger partial charge in [-0.2, -0.15) is 0 Å². The van der Waals surface area contributed by atoms with Crippen molar-refractivity contribution in [2.24, 2.45) is 0 Å². The molecular weight excluding hydrogens is 264 g/mol. The van der Waals surface area contributed by atoms with Crippen molar-refractivity contribution < 1.29 is 0 Å². The first kappa shape index (κ1) is 13.6. The van der Waals surface area contributed by atoms with Crippen LogP contribution < -0.4 is 5.32 Å². The summed E-state index contributed by atoms with van der Waals surface area (Å²) in [6, 6.07) is 6.77. The maximum absolute atomic E-state index is 4.73. The minimum Gasteiger partial charge on any atom is -0.379 e. The van der Waals surface area contributed by atoms with Crippen molar-refractivity contribution in [3.63, 3.8) is 0 Å². The number of thiazole rings is 1. The Morgan fingerprint density at radius 1 is 1.20 bits per heavy atom. The number of hydrogen-bond acceptors (Lipinski definition) is 3. The van der Waals surface area contributed by atoms with Crippen LogP contribution in [-0.4, -0.2) is 4.98 Å². The molecule has 0 unspecified atom stereocenters. The van der Waals surface area contributed by atoms with Crippen molar-refractivity contribution >= 4 is 17.0 Å². The van der Waals surface area contributed by atoms with E-state index in [-0.39, 0.29) is 5.41 Å². The van der Waals surface area contributed by atoms with Crippen LogP contribution in [0.4, 0.5) is 5.69 Å². The number of aryl methyl sites for hydroxylation is 2. The van der Waals surface area contributed by atoms with Crippen LogP contribution in [0.1, 0.15) is 49.0 Å². The van der Waals surface area contributed by atoms with E-state index in [2.05, 4.69) is 49.7 Å². The summed E-state index contributed by atoms with van der Waals surface area (Å²) in [6.07, 6.45) is 3.78. The van der Waals surface area contributed by atoms with Crippen LogP contribution in [-0.2, 0) is 24.8 Å². The molecule has 0 saturated heterocycles. The quantitative estimate of drug-likeness (QED) is 0.896. The van der Waals surface area contributed by atoms with Gasteiger partial charge in [-0.3, -0.25) is 0 Å². The van der Waals surface area contributed by atoms with Gasteiger partial charge >= 0.3 is 0 Å². The maximum atomic E-state index is 4.73. The molecule has 2 aromatic rings. The monoisotopic (exact) mass is 286 g/mol. The van der Waals surface area contributed by atoms with Crippen LogP contribution in [0.15, 0.2) is 23.6 Å². The van der Waals surface area contributed by atoms with Crippen LogP contribution in [0.3, 0.4) is 0 Å². The molecule has 0 saturated carbocycles. The molecule has 3 rings (SSSR count). The molecule has 0 aliphatic heterocycles. The zero-order valence-electron chi connectivity index (χ0n) is 12.5. The standard InChI is InChI=1S/C17H22N2S/c1-17(2,3)16-19-15(11-20-16)10-18-14-8-7-12-5-4-6-13(12)9-14/h7-9,11,18H,4-6,10H2,1-3H3. The number of nitrogens with one attached hydrogen (secondary N) is 1. The molecule has 0 atom stereocenters. The van der Waals surface area contributed by atoms with Crippen LogP contribution in [0.25, 0.3) is 0 Å². The minimum atomic E-state index is 0.149. The third-order valence-corrected chi connectivity index (χ3v) is 5.08. The maximum Gasteiger partial charge on any atom is 0.0982 e. The van der Waals surface area contributed by atoms with Gasteiger partial charge in [-0.25, -0.2) is 4.98 Å². The van der Waals surface area contributed by atoms with Crippen molar-refractivity contribution in [3.8, 4) is 0 Å². The zero-order valence-corrected chi connectivity index (χ0v) is 13.3. The summed E-state index contributed by atoms with van der Waals surface area (Å²) in [5, 5.41) is 6.88. The fourth-order valence-electron chi connectivity index (χ4n) is 2.61. The Morgan fingerprint density at radius 3 is 2.75 bits per heavy atom. The van der Waals surface area contributed by atoms with Gasteiger partial charge < -0.3 is 5.32 Å². The lowest BCUT2D eigenvalue weighted by atomic mass is 9.98. The van der Waals surface area contributed by atoms with E-state index < -0.39 is 0 Å². The highest BCUT2D eigenvalue weighted by Gasteiger charge is 2.17. The van der Waals surface area contributed by atoms with E-state index in [0.29, 0.717) is 0 Å². The third-order valence-electron chi connectivity index (χ3n) is 3.77. The van der Waals surface area contributed by atoms with Crippen molar-refractivity contribution in [2.75, 3.05) is 5.32 Å². The van der Waals surface area contributed by atoms with E-state index in [1.165, 1.54) is 41.1 Å². The van der Waals surface area contributed by atoms with Crippen LogP contribution >= 0.6 is 11.3 Å². The van der Waals surface area contributed by atoms with Crippen molar-refractivity contribution in [1.82, 2.24) is 4.98 Å². The van der Waals surface area contributed by atoms with E-state index in [9.17, 15) is 0 Å². The summed E-state index contributed by atoms with van der Waals surface area (Å²) >= 11 is 1.76. The van der Waals surface area contributed by atoms with Crippen LogP contribution in [0.2, 0.25) is 0 Å². The Hall–Kier alpha value is -1.35. The molecule has 20 heavy (non-hydrogen) atoms. The molecule has 1 heterocycles. The molecule has 0 bridgehead atoms. The summed E-state index contributed by atoms with van der Waals surface area (Å²) < 4.78 is 0. The first-order chi connectivity index (χ1) is 9.52. The lowest BCUT2D eigenvalue weighted by Crippen LogP contribution is -2.11. The van der Waals surface area contributed by atoms with Gasteiger partial charge in [0.25, 0.3) is 0 Å². The van der Waals surface area contributed by atoms with Crippen molar-refractivity contribution in [2.45, 2.75) is 52.0 Å². The molecule has 0 amide bonds. The fourth-order valence-corrected chi connectivity index (χ4v) is 3.51. The van der Waals surface area contributed by atoms with Gasteiger partial charge in [0.05, 0.1) is 17.2 Å². The van der Waals surface area contributed by atoms with E-state index in [0.717, 1.165) is 12.2 Å². The van der Waals surface area contributed by atoms with Crippen molar-refractivity contribution in [3.05, 3.63) is 45.4 Å². The molecule has 0 fully saturated rings. The Morgan fingerprint density at radius 2 is 2.00 bits per heavy atom. The Bertz CT molecular complexity index is 608. The third kappa shape index (κ3) is 2.88. The number of aromatic nitrogens is 1. The zero-order chi connectivity index (χ0) is 14.2. The smallest absolute Gasteiger partial charge is 0.0982 e. The van der Waals surface area contributed by atoms with Crippen molar-refractivity contribution in [1.29, 1.82) is 0 Å². The van der Waals surface area contributed by atoms with Gasteiger partial charge in [-0.05, 0) is 42.5 Å². The van der Waals surface area contributed by atoms with Gasteiger partial charge in [0, 0.05) is 16.5 Å². The number of fused-ring (bicyclic) bond motifs is 1. The summed E-state index contributed by atoms with van der Waals surface area (Å²) in [5.74, 6) is 0. The number of anilines is 1. The fraction of sp³-hybridized carbons (Fsp3) is 0.471. The summed E-state index contributed by atoms with van der Waals surface area (Å²) in [7, 11) is 0. The number of hydrogen-bond donors (Lipinski definition) is 1. The molecule has 0 radical (unpaired) electrons. The van der Waals surface area contributed by atoms with Gasteiger partial charge in [-0.15, -0.1) is 11.3 Å². The van der Waals surface area contributed by atoms with E-state index in [1.54, 1.807) is 11.3 Å². The highest BCUT2D eigenvalue weighted by molar-refractivity contribution is 7.09. The Balaban J connectivity index is 1.66. The van der Waals surface area contributed by atoms with Gasteiger partial charge in [0.1, 0.15) is 0 Å². The number of nitrogens with zero attached hydrogens (tertiary/aromatic N) is 1. The molecule has 1 aromatic carbocycles. The highest BCUT2D eigenvalue weighted by Crippen LogP contribution is 2.27. The molecule has 1 aliphatic carbocycles. The summed E-state index contributed by atoms with van der Waals surface area (Å²) in [5.41, 5.74) is 5.55. The van der Waals surface area contributed by atoms with E-state index in [1.807, 2.05) is 0 Å². The van der Waals surface area contributed by atoms with E-state index in [4.69, 9.17) is 4.98 Å². The normalized spacial score (nSPS) is 14.3. The predicted octanol–water partition coefficient (Wildman–Crippen LogP) is 4.54. The summed E-state index contributed by atoms with van der Waals surface area (Å²) in [6.45, 7) is 7.45. The van der Waals surface area contributed by atoms with E-state index >= 15 is 0 Å². The molecule has 1 N–H and O–H groups in total.